The summed E-state index contributed by atoms with van der Waals surface area (Å²) in [4.78, 5) is 12.9. The van der Waals surface area contributed by atoms with Crippen LogP contribution in [0.3, 0.4) is 0 Å². The van der Waals surface area contributed by atoms with Gasteiger partial charge in [-0.2, -0.15) is 0 Å². The van der Waals surface area contributed by atoms with E-state index >= 15 is 0 Å². The number of carbonyl (C=O) groups excluding carboxylic acids is 1. The Balaban J connectivity index is 2.08. The summed E-state index contributed by atoms with van der Waals surface area (Å²) in [5, 5.41) is 0. The highest BCUT2D eigenvalue weighted by Crippen LogP contribution is 2.36. The Labute approximate surface area is 102 Å². The van der Waals surface area contributed by atoms with E-state index in [2.05, 4.69) is 17.0 Å². The van der Waals surface area contributed by atoms with Gasteiger partial charge in [0.05, 0.1) is 0 Å². The molecule has 17 heavy (non-hydrogen) atoms. The first kappa shape index (κ1) is 10.6. The predicted molar refractivity (Wildman–Crippen MR) is 70.4 cm³/mol. The van der Waals surface area contributed by atoms with Crippen LogP contribution in [-0.4, -0.2) is 19.4 Å². The molecule has 0 spiro atoms. The Morgan fingerprint density at radius 3 is 2.29 bits per heavy atom. The Morgan fingerprint density at radius 1 is 1.06 bits per heavy atom. The minimum Gasteiger partial charge on any atom is -0.371 e. The number of nitrogens with zero attached hydrogens (tertiary/aromatic N) is 1. The quantitative estimate of drug-likeness (QED) is 0.572. The fourth-order valence-electron chi connectivity index (χ4n) is 3.08. The number of carbonyl (C=O) groups is 1. The number of benzene rings is 1. The van der Waals surface area contributed by atoms with Crippen LogP contribution in [0.1, 0.15) is 29.5 Å². The van der Waals surface area contributed by atoms with Crippen LogP contribution in [0.25, 0.3) is 6.08 Å². The molecule has 0 saturated carbocycles. The molecular formula is C15H17NO. The fourth-order valence-corrected chi connectivity index (χ4v) is 3.08. The number of aldehydes is 1. The van der Waals surface area contributed by atoms with Gasteiger partial charge in [-0.3, -0.25) is 4.79 Å². The molecular weight excluding hydrogens is 210 g/mol. The van der Waals surface area contributed by atoms with Crippen LogP contribution in [0.2, 0.25) is 0 Å². The summed E-state index contributed by atoms with van der Waals surface area (Å²) in [7, 11) is 0. The summed E-state index contributed by atoms with van der Waals surface area (Å²) < 4.78 is 0. The molecule has 0 bridgehead atoms. The Morgan fingerprint density at radius 2 is 1.71 bits per heavy atom. The zero-order valence-electron chi connectivity index (χ0n) is 9.98. The number of allylic oxidation sites excluding steroid dienone is 1. The average Bonchev–Trinajstić information content (AvgIpc) is 2.37. The van der Waals surface area contributed by atoms with Crippen molar-refractivity contribution in [3.63, 3.8) is 0 Å². The number of rotatable bonds is 2. The lowest BCUT2D eigenvalue weighted by atomic mass is 9.90. The Hall–Kier alpha value is -1.57. The van der Waals surface area contributed by atoms with Crippen LogP contribution >= 0.6 is 0 Å². The summed E-state index contributed by atoms with van der Waals surface area (Å²) in [6, 6.07) is 4.49. The van der Waals surface area contributed by atoms with Gasteiger partial charge in [-0.1, -0.05) is 6.08 Å². The molecule has 0 atom stereocenters. The second kappa shape index (κ2) is 4.36. The molecule has 0 saturated heterocycles. The van der Waals surface area contributed by atoms with Gasteiger partial charge < -0.3 is 4.90 Å². The molecule has 2 heterocycles. The lowest BCUT2D eigenvalue weighted by molar-refractivity contribution is -0.104. The maximum atomic E-state index is 10.4. The van der Waals surface area contributed by atoms with Crippen molar-refractivity contribution in [3.05, 3.63) is 34.9 Å². The van der Waals surface area contributed by atoms with E-state index in [0.717, 1.165) is 6.29 Å². The molecule has 0 aliphatic carbocycles. The molecule has 0 amide bonds. The third-order valence-corrected chi connectivity index (χ3v) is 3.72. The second-order valence-electron chi connectivity index (χ2n) is 4.88. The topological polar surface area (TPSA) is 20.3 Å². The van der Waals surface area contributed by atoms with Gasteiger partial charge in [-0.15, -0.1) is 0 Å². The Kier molecular flexibility index (Phi) is 2.71. The zero-order chi connectivity index (χ0) is 11.7. The fraction of sp³-hybridized carbons (Fsp3) is 0.400. The van der Waals surface area contributed by atoms with Gasteiger partial charge in [0.2, 0.25) is 0 Å². The van der Waals surface area contributed by atoms with Gasteiger partial charge in [0, 0.05) is 18.8 Å². The van der Waals surface area contributed by atoms with Crippen molar-refractivity contribution in [2.24, 2.45) is 0 Å². The first-order chi connectivity index (χ1) is 8.38. The highest BCUT2D eigenvalue weighted by molar-refractivity contribution is 5.76. The maximum Gasteiger partial charge on any atom is 0.142 e. The number of hydrogen-bond donors (Lipinski definition) is 0. The lowest BCUT2D eigenvalue weighted by Crippen LogP contribution is -2.34. The lowest BCUT2D eigenvalue weighted by Gasteiger charge is -2.37. The molecule has 3 rings (SSSR count). The van der Waals surface area contributed by atoms with Crippen molar-refractivity contribution >= 4 is 18.0 Å². The minimum absolute atomic E-state index is 0.845. The van der Waals surface area contributed by atoms with Crippen LogP contribution in [0, 0.1) is 0 Å². The molecule has 0 N–H and O–H groups in total. The van der Waals surface area contributed by atoms with Crippen molar-refractivity contribution in [1.29, 1.82) is 0 Å². The summed E-state index contributed by atoms with van der Waals surface area (Å²) in [6.45, 7) is 2.42. The molecule has 0 fully saturated rings. The number of aryl methyl sites for hydroxylation is 2. The summed E-state index contributed by atoms with van der Waals surface area (Å²) in [5.74, 6) is 0. The third-order valence-electron chi connectivity index (χ3n) is 3.72. The highest BCUT2D eigenvalue weighted by atomic mass is 16.1. The molecule has 2 nitrogen and oxygen atoms in total. The minimum atomic E-state index is 0.845. The summed E-state index contributed by atoms with van der Waals surface area (Å²) >= 11 is 0. The first-order valence-corrected chi connectivity index (χ1v) is 6.41. The van der Waals surface area contributed by atoms with E-state index in [4.69, 9.17) is 0 Å². The van der Waals surface area contributed by atoms with Crippen LogP contribution in [0.4, 0.5) is 5.69 Å². The smallest absolute Gasteiger partial charge is 0.142 e. The number of hydrogen-bond acceptors (Lipinski definition) is 2. The molecule has 2 aliphatic rings. The SMILES string of the molecule is O=CC=Cc1cc2c3c(c1)CCCN3CCC2. The van der Waals surface area contributed by atoms with Crippen molar-refractivity contribution in [3.8, 4) is 0 Å². The monoisotopic (exact) mass is 227 g/mol. The molecule has 88 valence electrons. The molecule has 0 unspecified atom stereocenters. The van der Waals surface area contributed by atoms with Gasteiger partial charge in [-0.25, -0.2) is 0 Å². The maximum absolute atomic E-state index is 10.4. The van der Waals surface area contributed by atoms with E-state index in [1.165, 1.54) is 61.2 Å². The van der Waals surface area contributed by atoms with Crippen molar-refractivity contribution in [2.45, 2.75) is 25.7 Å². The van der Waals surface area contributed by atoms with E-state index < -0.39 is 0 Å². The average molecular weight is 227 g/mol. The third kappa shape index (κ3) is 1.88. The van der Waals surface area contributed by atoms with Crippen LogP contribution < -0.4 is 4.90 Å². The second-order valence-corrected chi connectivity index (χ2v) is 4.88. The van der Waals surface area contributed by atoms with Gasteiger partial charge in [0.25, 0.3) is 0 Å². The molecule has 1 aromatic rings. The summed E-state index contributed by atoms with van der Waals surface area (Å²) in [6.07, 6.45) is 9.22. The van der Waals surface area contributed by atoms with Crippen LogP contribution in [-0.2, 0) is 17.6 Å². The predicted octanol–water partition coefficient (Wildman–Crippen LogP) is 2.60. The highest BCUT2D eigenvalue weighted by Gasteiger charge is 2.23. The van der Waals surface area contributed by atoms with Gasteiger partial charge in [0.15, 0.2) is 0 Å². The number of anilines is 1. The molecule has 2 heteroatoms. The van der Waals surface area contributed by atoms with E-state index in [9.17, 15) is 4.79 Å². The first-order valence-electron chi connectivity index (χ1n) is 6.41. The van der Waals surface area contributed by atoms with E-state index in [0.29, 0.717) is 0 Å². The van der Waals surface area contributed by atoms with Gasteiger partial charge in [-0.05, 0) is 60.6 Å². The normalized spacial score (nSPS) is 18.2. The standard InChI is InChI=1S/C15H17NO/c17-9-3-4-12-10-13-5-1-7-16-8-2-6-14(11-12)15(13)16/h3-4,9-11H,1-2,5-8H2. The van der Waals surface area contributed by atoms with E-state index in [1.54, 1.807) is 6.08 Å². The van der Waals surface area contributed by atoms with Crippen molar-refractivity contribution < 1.29 is 4.79 Å². The molecule has 0 aromatic heterocycles. The van der Waals surface area contributed by atoms with Gasteiger partial charge in [0.1, 0.15) is 6.29 Å². The van der Waals surface area contributed by atoms with Gasteiger partial charge >= 0.3 is 0 Å². The van der Waals surface area contributed by atoms with Crippen LogP contribution in [0.5, 0.6) is 0 Å². The van der Waals surface area contributed by atoms with Crippen LogP contribution in [0.15, 0.2) is 18.2 Å². The molecule has 1 aromatic carbocycles. The molecule has 2 aliphatic heterocycles. The van der Waals surface area contributed by atoms with E-state index in [1.807, 2.05) is 6.08 Å². The Bertz CT molecular complexity index is 445. The zero-order valence-corrected chi connectivity index (χ0v) is 9.98. The van der Waals surface area contributed by atoms with E-state index in [-0.39, 0.29) is 0 Å². The largest absolute Gasteiger partial charge is 0.371 e. The molecule has 0 radical (unpaired) electrons. The summed E-state index contributed by atoms with van der Waals surface area (Å²) in [5.41, 5.74) is 5.61. The van der Waals surface area contributed by atoms with Crippen molar-refractivity contribution in [2.75, 3.05) is 18.0 Å². The van der Waals surface area contributed by atoms with Crippen molar-refractivity contribution in [1.82, 2.24) is 0 Å².